The van der Waals surface area contributed by atoms with Crippen molar-refractivity contribution in [1.82, 2.24) is 9.47 Å². The van der Waals surface area contributed by atoms with Crippen LogP contribution < -0.4 is 9.47 Å². The third-order valence-electron chi connectivity index (χ3n) is 5.60. The van der Waals surface area contributed by atoms with Crippen LogP contribution in [0.5, 0.6) is 11.5 Å². The molecule has 5 nitrogen and oxygen atoms in total. The highest BCUT2D eigenvalue weighted by molar-refractivity contribution is 5.31. The molecule has 0 spiro atoms. The number of hydrogen-bond donors (Lipinski definition) is 1. The van der Waals surface area contributed by atoms with E-state index in [4.69, 9.17) is 9.47 Å². The van der Waals surface area contributed by atoms with Crippen molar-refractivity contribution < 1.29 is 19.0 Å². The van der Waals surface area contributed by atoms with Crippen molar-refractivity contribution in [2.24, 2.45) is 5.92 Å². The molecule has 33 heavy (non-hydrogen) atoms. The van der Waals surface area contributed by atoms with Gasteiger partial charge in [0, 0.05) is 30.5 Å². The van der Waals surface area contributed by atoms with Crippen molar-refractivity contribution in [1.29, 1.82) is 0 Å². The van der Waals surface area contributed by atoms with Gasteiger partial charge in [0.2, 0.25) is 0 Å². The van der Waals surface area contributed by atoms with Crippen LogP contribution in [0.15, 0.2) is 66.9 Å². The maximum Gasteiger partial charge on any atom is 0.128 e. The molecule has 1 aromatic heterocycles. The van der Waals surface area contributed by atoms with Gasteiger partial charge in [0.1, 0.15) is 30.0 Å². The molecule has 0 fully saturated rings. The number of rotatable bonds is 13. The molecule has 6 heteroatoms. The summed E-state index contributed by atoms with van der Waals surface area (Å²) in [7, 11) is 1.62. The second-order valence-corrected chi connectivity index (χ2v) is 8.78. The first-order chi connectivity index (χ1) is 15.9. The molecule has 0 amide bonds. The normalized spacial score (nSPS) is 12.3. The van der Waals surface area contributed by atoms with E-state index in [9.17, 15) is 9.50 Å². The van der Waals surface area contributed by atoms with Crippen LogP contribution in [0.2, 0.25) is 0 Å². The van der Waals surface area contributed by atoms with Gasteiger partial charge < -0.3 is 19.1 Å². The summed E-state index contributed by atoms with van der Waals surface area (Å²) in [6.07, 6.45) is 2.38. The molecule has 0 bridgehead atoms. The van der Waals surface area contributed by atoms with Gasteiger partial charge in [-0.2, -0.15) is 0 Å². The fourth-order valence-electron chi connectivity index (χ4n) is 3.68. The van der Waals surface area contributed by atoms with Crippen molar-refractivity contribution in [3.63, 3.8) is 0 Å². The fourth-order valence-corrected chi connectivity index (χ4v) is 3.68. The van der Waals surface area contributed by atoms with Crippen molar-refractivity contribution in [2.45, 2.75) is 39.5 Å². The number of methoxy groups -OCH3 is 1. The second-order valence-electron chi connectivity index (χ2n) is 8.78. The van der Waals surface area contributed by atoms with Crippen molar-refractivity contribution in [3.8, 4) is 11.5 Å². The first-order valence-electron chi connectivity index (χ1n) is 11.5. The lowest BCUT2D eigenvalue weighted by Crippen LogP contribution is -2.36. The third kappa shape index (κ3) is 7.91. The Morgan fingerprint density at radius 2 is 1.73 bits per heavy atom. The van der Waals surface area contributed by atoms with Crippen LogP contribution in [0.1, 0.15) is 31.5 Å². The fraction of sp³-hybridized carbons (Fsp3) is 0.407. The Balaban J connectivity index is 1.61. The summed E-state index contributed by atoms with van der Waals surface area (Å²) in [5, 5.41) is 10.7. The zero-order valence-corrected chi connectivity index (χ0v) is 19.8. The number of hydrogen-bond acceptors (Lipinski definition) is 4. The van der Waals surface area contributed by atoms with E-state index in [-0.39, 0.29) is 12.4 Å². The average molecular weight is 455 g/mol. The van der Waals surface area contributed by atoms with Gasteiger partial charge in [-0.05, 0) is 61.3 Å². The van der Waals surface area contributed by atoms with Gasteiger partial charge in [0.15, 0.2) is 0 Å². The van der Waals surface area contributed by atoms with E-state index in [0.717, 1.165) is 24.4 Å². The molecule has 0 aliphatic rings. The molecule has 2 aromatic carbocycles. The predicted molar refractivity (Wildman–Crippen MR) is 129 cm³/mol. The van der Waals surface area contributed by atoms with Gasteiger partial charge >= 0.3 is 0 Å². The van der Waals surface area contributed by atoms with E-state index in [1.54, 1.807) is 13.2 Å². The van der Waals surface area contributed by atoms with Gasteiger partial charge in [-0.1, -0.05) is 32.0 Å². The van der Waals surface area contributed by atoms with Gasteiger partial charge in [-0.3, -0.25) is 4.90 Å². The van der Waals surface area contributed by atoms with Gasteiger partial charge in [0.05, 0.1) is 13.7 Å². The number of aliphatic hydroxyl groups is 1. The number of benzene rings is 2. The number of aliphatic hydroxyl groups excluding tert-OH is 1. The monoisotopic (exact) mass is 454 g/mol. The Labute approximate surface area is 196 Å². The number of ether oxygens (including phenoxy) is 2. The van der Waals surface area contributed by atoms with Crippen molar-refractivity contribution >= 4 is 0 Å². The van der Waals surface area contributed by atoms with Crippen LogP contribution in [0.25, 0.3) is 0 Å². The zero-order valence-electron chi connectivity index (χ0n) is 19.8. The first-order valence-corrected chi connectivity index (χ1v) is 11.5. The highest BCUT2D eigenvalue weighted by atomic mass is 19.1. The maximum absolute atomic E-state index is 14.1. The third-order valence-corrected chi connectivity index (χ3v) is 5.60. The molecule has 1 atom stereocenters. The maximum atomic E-state index is 14.1. The van der Waals surface area contributed by atoms with E-state index in [0.29, 0.717) is 36.9 Å². The Kier molecular flexibility index (Phi) is 9.34. The molecule has 0 saturated heterocycles. The molecule has 3 aromatic rings. The molecule has 0 aliphatic carbocycles. The molecule has 1 N–H and O–H groups in total. The molecule has 178 valence electrons. The van der Waals surface area contributed by atoms with E-state index in [1.807, 2.05) is 48.7 Å². The van der Waals surface area contributed by atoms with Crippen LogP contribution in [0, 0.1) is 11.7 Å². The molecule has 0 saturated carbocycles. The highest BCUT2D eigenvalue weighted by Crippen LogP contribution is 2.18. The average Bonchev–Trinajstić information content (AvgIpc) is 3.24. The molecule has 1 heterocycles. The zero-order chi connectivity index (χ0) is 23.6. The van der Waals surface area contributed by atoms with Gasteiger partial charge in [-0.25, -0.2) is 4.39 Å². The summed E-state index contributed by atoms with van der Waals surface area (Å²) in [6.45, 7) is 7.12. The summed E-state index contributed by atoms with van der Waals surface area (Å²) in [4.78, 5) is 2.25. The minimum Gasteiger partial charge on any atom is -0.497 e. The molecule has 0 radical (unpaired) electrons. The SMILES string of the molecule is COc1ccc(OCC(O)CN(CCC(C)C)Cc2cccn2Cc2ccccc2F)cc1. The Bertz CT molecular complexity index is 972. The summed E-state index contributed by atoms with van der Waals surface area (Å²) in [5.74, 6) is 1.83. The molecular weight excluding hydrogens is 419 g/mol. The second kappa shape index (κ2) is 12.4. The topological polar surface area (TPSA) is 46.9 Å². The highest BCUT2D eigenvalue weighted by Gasteiger charge is 2.16. The van der Waals surface area contributed by atoms with Gasteiger partial charge in [0.25, 0.3) is 0 Å². The quantitative estimate of drug-likeness (QED) is 0.396. The molecule has 3 rings (SSSR count). The van der Waals surface area contributed by atoms with E-state index in [2.05, 4.69) is 29.4 Å². The lowest BCUT2D eigenvalue weighted by molar-refractivity contribution is 0.0631. The standard InChI is InChI=1S/C27H35FN2O3/c1-21(2)14-16-29(19-24(31)20-33-26-12-10-25(32-3)11-13-26)18-23-8-6-15-30(23)17-22-7-4-5-9-27(22)28/h4-13,15,21,24,31H,14,16-20H2,1-3H3. The van der Waals surface area contributed by atoms with Crippen LogP contribution >= 0.6 is 0 Å². The first kappa shape index (κ1) is 24.8. The predicted octanol–water partition coefficient (Wildman–Crippen LogP) is 4.97. The molecular formula is C27H35FN2O3. The van der Waals surface area contributed by atoms with Crippen molar-refractivity contribution in [3.05, 3.63) is 83.9 Å². The van der Waals surface area contributed by atoms with E-state index < -0.39 is 6.10 Å². The Morgan fingerprint density at radius 1 is 1.00 bits per heavy atom. The minimum atomic E-state index is -0.630. The van der Waals surface area contributed by atoms with E-state index >= 15 is 0 Å². The van der Waals surface area contributed by atoms with Gasteiger partial charge in [-0.15, -0.1) is 0 Å². The van der Waals surface area contributed by atoms with Crippen LogP contribution in [-0.2, 0) is 13.1 Å². The Hall–Kier alpha value is -2.83. The number of aromatic nitrogens is 1. The van der Waals surface area contributed by atoms with Crippen LogP contribution in [0.4, 0.5) is 4.39 Å². The molecule has 1 unspecified atom stereocenters. The summed E-state index contributed by atoms with van der Waals surface area (Å²) in [6, 6.07) is 18.2. The smallest absolute Gasteiger partial charge is 0.128 e. The lowest BCUT2D eigenvalue weighted by Gasteiger charge is -2.26. The van der Waals surface area contributed by atoms with Crippen molar-refractivity contribution in [2.75, 3.05) is 26.8 Å². The summed E-state index contributed by atoms with van der Waals surface area (Å²) >= 11 is 0. The van der Waals surface area contributed by atoms with Crippen LogP contribution in [0.3, 0.4) is 0 Å². The van der Waals surface area contributed by atoms with Crippen LogP contribution in [-0.4, -0.2) is 47.5 Å². The largest absolute Gasteiger partial charge is 0.497 e. The lowest BCUT2D eigenvalue weighted by atomic mass is 10.1. The summed E-state index contributed by atoms with van der Waals surface area (Å²) < 4.78 is 27.1. The Morgan fingerprint density at radius 3 is 2.42 bits per heavy atom. The minimum absolute atomic E-state index is 0.195. The number of nitrogens with zero attached hydrogens (tertiary/aromatic N) is 2. The number of halogens is 1. The van der Waals surface area contributed by atoms with E-state index in [1.165, 1.54) is 6.07 Å². The molecule has 0 aliphatic heterocycles. The summed E-state index contributed by atoms with van der Waals surface area (Å²) in [5.41, 5.74) is 1.75.